The zero-order valence-electron chi connectivity index (χ0n) is 9.32. The van der Waals surface area contributed by atoms with Crippen molar-refractivity contribution in [2.75, 3.05) is 6.61 Å². The summed E-state index contributed by atoms with van der Waals surface area (Å²) >= 11 is 0. The molecule has 2 rings (SSSR count). The second kappa shape index (κ2) is 5.08. The molecule has 1 heterocycles. The second-order valence-electron chi connectivity index (χ2n) is 3.63. The van der Waals surface area contributed by atoms with E-state index in [2.05, 4.69) is 9.72 Å². The van der Waals surface area contributed by atoms with E-state index < -0.39 is 12.8 Å². The molecule has 0 aliphatic carbocycles. The van der Waals surface area contributed by atoms with Crippen molar-refractivity contribution in [2.45, 2.75) is 6.18 Å². The average Bonchev–Trinajstić information content (AvgIpc) is 2.37. The average molecular weight is 253 g/mol. The van der Waals surface area contributed by atoms with Crippen LogP contribution in [0.2, 0.25) is 0 Å². The third kappa shape index (κ3) is 3.48. The summed E-state index contributed by atoms with van der Waals surface area (Å²) < 4.78 is 40.6. The molecule has 0 unspecified atom stereocenters. The quantitative estimate of drug-likeness (QED) is 0.832. The Morgan fingerprint density at radius 3 is 2.33 bits per heavy atom. The molecule has 1 aromatic heterocycles. The zero-order valence-corrected chi connectivity index (χ0v) is 9.32. The van der Waals surface area contributed by atoms with Gasteiger partial charge < -0.3 is 4.74 Å². The first-order valence-corrected chi connectivity index (χ1v) is 5.27. The Morgan fingerprint density at radius 2 is 1.67 bits per heavy atom. The molecular weight excluding hydrogens is 243 g/mol. The molecule has 0 bridgehead atoms. The normalized spacial score (nSPS) is 11.3. The number of pyridine rings is 1. The first-order chi connectivity index (χ1) is 8.54. The molecule has 0 fully saturated rings. The lowest BCUT2D eigenvalue weighted by Gasteiger charge is -2.09. The van der Waals surface area contributed by atoms with Crippen molar-refractivity contribution in [3.8, 4) is 17.1 Å². The summed E-state index contributed by atoms with van der Waals surface area (Å²) in [5, 5.41) is 0. The van der Waals surface area contributed by atoms with E-state index >= 15 is 0 Å². The predicted octanol–water partition coefficient (Wildman–Crippen LogP) is 3.69. The number of rotatable bonds is 3. The molecule has 0 aliphatic heterocycles. The number of hydrogen-bond acceptors (Lipinski definition) is 2. The van der Waals surface area contributed by atoms with E-state index in [4.69, 9.17) is 0 Å². The van der Waals surface area contributed by atoms with Gasteiger partial charge in [0.15, 0.2) is 6.61 Å². The summed E-state index contributed by atoms with van der Waals surface area (Å²) in [5.74, 6) is -0.0336. The minimum Gasteiger partial charge on any atom is -0.468 e. The summed E-state index contributed by atoms with van der Waals surface area (Å²) in [5.41, 5.74) is 1.41. The van der Waals surface area contributed by atoms with Crippen molar-refractivity contribution < 1.29 is 17.9 Å². The highest BCUT2D eigenvalue weighted by Crippen LogP contribution is 2.21. The van der Waals surface area contributed by atoms with E-state index in [0.29, 0.717) is 5.69 Å². The van der Waals surface area contributed by atoms with E-state index in [1.165, 1.54) is 6.07 Å². The van der Waals surface area contributed by atoms with Gasteiger partial charge in [0.1, 0.15) is 0 Å². The number of benzene rings is 1. The van der Waals surface area contributed by atoms with Crippen LogP contribution < -0.4 is 4.74 Å². The molecule has 0 saturated carbocycles. The van der Waals surface area contributed by atoms with Crippen LogP contribution in [0.15, 0.2) is 48.5 Å². The van der Waals surface area contributed by atoms with E-state index in [-0.39, 0.29) is 5.88 Å². The summed E-state index contributed by atoms with van der Waals surface area (Å²) in [6.07, 6.45) is -4.36. The second-order valence-corrected chi connectivity index (χ2v) is 3.63. The van der Waals surface area contributed by atoms with Crippen molar-refractivity contribution in [2.24, 2.45) is 0 Å². The molecule has 2 aromatic rings. The van der Waals surface area contributed by atoms with Crippen LogP contribution in [0.25, 0.3) is 11.3 Å². The van der Waals surface area contributed by atoms with Crippen molar-refractivity contribution in [3.05, 3.63) is 48.5 Å². The Kier molecular flexibility index (Phi) is 3.50. The third-order valence-corrected chi connectivity index (χ3v) is 2.18. The Balaban J connectivity index is 2.16. The van der Waals surface area contributed by atoms with Crippen molar-refractivity contribution in [3.63, 3.8) is 0 Å². The molecular formula is C13H10F3NO. The molecule has 0 radical (unpaired) electrons. The Morgan fingerprint density at radius 1 is 0.944 bits per heavy atom. The van der Waals surface area contributed by atoms with Gasteiger partial charge in [-0.1, -0.05) is 36.4 Å². The Hall–Kier alpha value is -2.04. The molecule has 0 amide bonds. The number of halogens is 3. The summed E-state index contributed by atoms with van der Waals surface area (Å²) in [7, 11) is 0. The molecule has 18 heavy (non-hydrogen) atoms. The van der Waals surface area contributed by atoms with Crippen molar-refractivity contribution >= 4 is 0 Å². The van der Waals surface area contributed by atoms with Crippen LogP contribution >= 0.6 is 0 Å². The van der Waals surface area contributed by atoms with Gasteiger partial charge >= 0.3 is 6.18 Å². The predicted molar refractivity (Wildman–Crippen MR) is 61.2 cm³/mol. The Labute approximate surface area is 102 Å². The lowest BCUT2D eigenvalue weighted by Crippen LogP contribution is -2.19. The lowest BCUT2D eigenvalue weighted by atomic mass is 10.1. The molecule has 0 N–H and O–H groups in total. The highest BCUT2D eigenvalue weighted by molar-refractivity contribution is 5.59. The van der Waals surface area contributed by atoms with Crippen LogP contribution in [0.3, 0.4) is 0 Å². The lowest BCUT2D eigenvalue weighted by molar-refractivity contribution is -0.154. The summed E-state index contributed by atoms with van der Waals surface area (Å²) in [6.45, 7) is -1.34. The van der Waals surface area contributed by atoms with Crippen LogP contribution in [-0.2, 0) is 0 Å². The topological polar surface area (TPSA) is 22.1 Å². The van der Waals surface area contributed by atoms with Crippen LogP contribution in [-0.4, -0.2) is 17.8 Å². The molecule has 0 spiro atoms. The molecule has 0 saturated heterocycles. The van der Waals surface area contributed by atoms with Gasteiger partial charge in [-0.25, -0.2) is 4.98 Å². The molecule has 0 aliphatic rings. The fourth-order valence-corrected chi connectivity index (χ4v) is 1.42. The van der Waals surface area contributed by atoms with E-state index in [0.717, 1.165) is 5.56 Å². The van der Waals surface area contributed by atoms with Gasteiger partial charge in [0, 0.05) is 11.6 Å². The van der Waals surface area contributed by atoms with Gasteiger partial charge in [0.25, 0.3) is 0 Å². The van der Waals surface area contributed by atoms with Crippen LogP contribution in [0.4, 0.5) is 13.2 Å². The van der Waals surface area contributed by atoms with Gasteiger partial charge in [-0.05, 0) is 6.07 Å². The van der Waals surface area contributed by atoms with E-state index in [9.17, 15) is 13.2 Å². The largest absolute Gasteiger partial charge is 0.468 e. The van der Waals surface area contributed by atoms with Gasteiger partial charge in [0.05, 0.1) is 5.69 Å². The highest BCUT2D eigenvalue weighted by atomic mass is 19.4. The summed E-state index contributed by atoms with van der Waals surface area (Å²) in [6, 6.07) is 13.9. The monoisotopic (exact) mass is 253 g/mol. The fraction of sp³-hybridized carbons (Fsp3) is 0.154. The molecule has 0 atom stereocenters. The van der Waals surface area contributed by atoms with Gasteiger partial charge in [-0.3, -0.25) is 0 Å². The number of aromatic nitrogens is 1. The van der Waals surface area contributed by atoms with Crippen molar-refractivity contribution in [1.82, 2.24) is 4.98 Å². The minimum absolute atomic E-state index is 0.0336. The van der Waals surface area contributed by atoms with Crippen LogP contribution in [0.5, 0.6) is 5.88 Å². The maximum absolute atomic E-state index is 12.0. The van der Waals surface area contributed by atoms with Crippen LogP contribution in [0, 0.1) is 0 Å². The summed E-state index contributed by atoms with van der Waals surface area (Å²) in [4.78, 5) is 4.02. The molecule has 2 nitrogen and oxygen atoms in total. The number of nitrogens with zero attached hydrogens (tertiary/aromatic N) is 1. The van der Waals surface area contributed by atoms with E-state index in [1.54, 1.807) is 12.1 Å². The van der Waals surface area contributed by atoms with Gasteiger partial charge in [0.2, 0.25) is 5.88 Å². The maximum Gasteiger partial charge on any atom is 0.422 e. The Bertz CT molecular complexity index is 511. The highest BCUT2D eigenvalue weighted by Gasteiger charge is 2.28. The van der Waals surface area contributed by atoms with E-state index in [1.807, 2.05) is 30.3 Å². The van der Waals surface area contributed by atoms with Crippen molar-refractivity contribution in [1.29, 1.82) is 0 Å². The SMILES string of the molecule is FC(F)(F)COc1cccc(-c2ccccc2)n1. The number of ether oxygens (including phenoxy) is 1. The number of hydrogen-bond donors (Lipinski definition) is 0. The standard InChI is InChI=1S/C13H10F3NO/c14-13(15,16)9-18-12-8-4-7-11(17-12)10-5-2-1-3-6-10/h1-8H,9H2. The minimum atomic E-state index is -4.36. The van der Waals surface area contributed by atoms with Gasteiger partial charge in [-0.2, -0.15) is 13.2 Å². The maximum atomic E-state index is 12.0. The zero-order chi connectivity index (χ0) is 13.0. The molecule has 94 valence electrons. The first kappa shape index (κ1) is 12.4. The number of alkyl halides is 3. The van der Waals surface area contributed by atoms with Crippen LogP contribution in [0.1, 0.15) is 0 Å². The first-order valence-electron chi connectivity index (χ1n) is 5.27. The fourth-order valence-electron chi connectivity index (χ4n) is 1.42. The molecule has 1 aromatic carbocycles. The third-order valence-electron chi connectivity index (χ3n) is 2.18. The smallest absolute Gasteiger partial charge is 0.422 e. The van der Waals surface area contributed by atoms with Gasteiger partial charge in [-0.15, -0.1) is 0 Å². The molecule has 5 heteroatoms.